The molecular weight excluding hydrogens is 370 g/mol. The van der Waals surface area contributed by atoms with Crippen molar-refractivity contribution in [1.29, 1.82) is 0 Å². The summed E-state index contributed by atoms with van der Waals surface area (Å²) in [6.45, 7) is 9.29. The number of nitrogens with zero attached hydrogens (tertiary/aromatic N) is 8. The molecule has 150 valence electrons. The molecule has 10 heteroatoms. The van der Waals surface area contributed by atoms with Crippen LogP contribution in [0.1, 0.15) is 25.5 Å². The van der Waals surface area contributed by atoms with Crippen molar-refractivity contribution in [1.82, 2.24) is 29.3 Å². The molecule has 0 aliphatic carbocycles. The zero-order chi connectivity index (χ0) is 20.8. The van der Waals surface area contributed by atoms with Gasteiger partial charge in [0.15, 0.2) is 11.5 Å². The fourth-order valence-corrected chi connectivity index (χ4v) is 3.28. The number of rotatable bonds is 3. The van der Waals surface area contributed by atoms with Crippen LogP contribution in [0.4, 0.5) is 0 Å². The fourth-order valence-electron chi connectivity index (χ4n) is 3.28. The van der Waals surface area contributed by atoms with Crippen LogP contribution in [0.25, 0.3) is 28.0 Å². The highest BCUT2D eigenvalue weighted by Crippen LogP contribution is 2.34. The van der Waals surface area contributed by atoms with Gasteiger partial charge in [0.1, 0.15) is 22.6 Å². The molecule has 0 unspecified atom stereocenters. The van der Waals surface area contributed by atoms with E-state index in [4.69, 9.17) is 25.4 Å². The van der Waals surface area contributed by atoms with E-state index in [9.17, 15) is 0 Å². The standard InChI is InChI=1S/C19H23N9O/c1-11(8-22-18(20)21-4)15-24-13(12-9-23-27(5)10-12)14-16(26-15)28-6-7-29-19(2,3)17(28)25-14/h8-10H,1,6-7H2,2-5H3,(H2,20,21). The predicted molar refractivity (Wildman–Crippen MR) is 112 cm³/mol. The highest BCUT2D eigenvalue weighted by atomic mass is 16.5. The van der Waals surface area contributed by atoms with Crippen molar-refractivity contribution in [3.8, 4) is 11.3 Å². The van der Waals surface area contributed by atoms with E-state index in [0.29, 0.717) is 35.8 Å². The molecule has 4 rings (SSSR count). The molecular formula is C19H23N9O. The van der Waals surface area contributed by atoms with Crippen molar-refractivity contribution in [2.24, 2.45) is 22.8 Å². The van der Waals surface area contributed by atoms with Crippen LogP contribution in [-0.2, 0) is 23.9 Å². The molecule has 0 bridgehead atoms. The number of ether oxygens (including phenoxy) is 1. The Morgan fingerprint density at radius 2 is 2.14 bits per heavy atom. The van der Waals surface area contributed by atoms with Gasteiger partial charge in [-0.15, -0.1) is 0 Å². The van der Waals surface area contributed by atoms with E-state index >= 15 is 0 Å². The number of aromatic nitrogens is 6. The van der Waals surface area contributed by atoms with Gasteiger partial charge in [0.25, 0.3) is 0 Å². The van der Waals surface area contributed by atoms with Gasteiger partial charge >= 0.3 is 0 Å². The second kappa shape index (κ2) is 6.89. The molecule has 0 radical (unpaired) electrons. The van der Waals surface area contributed by atoms with Crippen LogP contribution in [0.3, 0.4) is 0 Å². The van der Waals surface area contributed by atoms with E-state index in [1.54, 1.807) is 17.9 Å². The van der Waals surface area contributed by atoms with Gasteiger partial charge in [-0.3, -0.25) is 9.67 Å². The van der Waals surface area contributed by atoms with Crippen LogP contribution in [0.5, 0.6) is 0 Å². The smallest absolute Gasteiger partial charge is 0.214 e. The molecule has 0 saturated carbocycles. The average Bonchev–Trinajstić information content (AvgIpc) is 3.29. The predicted octanol–water partition coefficient (Wildman–Crippen LogP) is 1.52. The lowest BCUT2D eigenvalue weighted by molar-refractivity contribution is -0.0530. The third kappa shape index (κ3) is 3.31. The van der Waals surface area contributed by atoms with E-state index in [1.807, 2.05) is 27.1 Å². The third-order valence-corrected chi connectivity index (χ3v) is 4.76. The Morgan fingerprint density at radius 1 is 1.34 bits per heavy atom. The van der Waals surface area contributed by atoms with Crippen LogP contribution in [-0.4, -0.2) is 55.1 Å². The summed E-state index contributed by atoms with van der Waals surface area (Å²) >= 11 is 0. The molecule has 10 nitrogen and oxygen atoms in total. The second-order valence-electron chi connectivity index (χ2n) is 7.28. The van der Waals surface area contributed by atoms with Crippen LogP contribution in [0.15, 0.2) is 29.0 Å². The van der Waals surface area contributed by atoms with E-state index < -0.39 is 5.60 Å². The number of hydrogen-bond donors (Lipinski definition) is 1. The largest absolute Gasteiger partial charge is 0.368 e. The topological polar surface area (TPSA) is 121 Å². The average molecular weight is 393 g/mol. The minimum Gasteiger partial charge on any atom is -0.368 e. The Hall–Kier alpha value is -3.40. The van der Waals surface area contributed by atoms with Crippen molar-refractivity contribution in [2.75, 3.05) is 13.7 Å². The molecule has 1 aliphatic heterocycles. The van der Waals surface area contributed by atoms with Crippen LogP contribution >= 0.6 is 0 Å². The summed E-state index contributed by atoms with van der Waals surface area (Å²) in [7, 11) is 3.43. The van der Waals surface area contributed by atoms with Gasteiger partial charge < -0.3 is 15.0 Å². The first kappa shape index (κ1) is 18.9. The Balaban J connectivity index is 1.95. The maximum atomic E-state index is 5.91. The normalized spacial score (nSPS) is 16.5. The molecule has 2 N–H and O–H groups in total. The first-order valence-electron chi connectivity index (χ1n) is 9.17. The van der Waals surface area contributed by atoms with Crippen molar-refractivity contribution in [3.05, 3.63) is 30.6 Å². The molecule has 4 heterocycles. The zero-order valence-corrected chi connectivity index (χ0v) is 16.9. The summed E-state index contributed by atoms with van der Waals surface area (Å²) in [6, 6.07) is 0. The summed E-state index contributed by atoms with van der Waals surface area (Å²) in [5.41, 5.74) is 8.61. The summed E-state index contributed by atoms with van der Waals surface area (Å²) in [4.78, 5) is 22.2. The lowest BCUT2D eigenvalue weighted by Gasteiger charge is -2.30. The van der Waals surface area contributed by atoms with Crippen molar-refractivity contribution >= 4 is 28.9 Å². The minimum atomic E-state index is -0.518. The van der Waals surface area contributed by atoms with Crippen LogP contribution < -0.4 is 5.73 Å². The highest BCUT2D eigenvalue weighted by Gasteiger charge is 2.33. The summed E-state index contributed by atoms with van der Waals surface area (Å²) in [6.07, 6.45) is 5.16. The molecule has 0 saturated heterocycles. The number of aliphatic imine (C=N–C) groups is 2. The van der Waals surface area contributed by atoms with Gasteiger partial charge in [-0.05, 0) is 13.8 Å². The van der Waals surface area contributed by atoms with Gasteiger partial charge in [0, 0.05) is 44.2 Å². The Kier molecular flexibility index (Phi) is 4.50. The van der Waals surface area contributed by atoms with Gasteiger partial charge in [-0.25, -0.2) is 19.9 Å². The molecule has 0 spiro atoms. The number of fused-ring (bicyclic) bond motifs is 3. The van der Waals surface area contributed by atoms with Crippen molar-refractivity contribution in [2.45, 2.75) is 26.0 Å². The highest BCUT2D eigenvalue weighted by molar-refractivity contribution is 6.11. The van der Waals surface area contributed by atoms with E-state index in [0.717, 1.165) is 17.0 Å². The lowest BCUT2D eigenvalue weighted by Crippen LogP contribution is -2.33. The van der Waals surface area contributed by atoms with Crippen LogP contribution in [0, 0.1) is 0 Å². The lowest BCUT2D eigenvalue weighted by atomic mass is 10.1. The maximum absolute atomic E-state index is 5.91. The first-order valence-corrected chi connectivity index (χ1v) is 9.17. The van der Waals surface area contributed by atoms with Gasteiger partial charge in [0.05, 0.1) is 12.8 Å². The third-order valence-electron chi connectivity index (χ3n) is 4.76. The number of aryl methyl sites for hydroxylation is 1. The number of imidazole rings is 1. The SMILES string of the molecule is C=C(C=NC(N)=NC)c1nc(-c2cnn(C)c2)c2nc3n(c2n1)CCOC3(C)C. The molecule has 0 amide bonds. The summed E-state index contributed by atoms with van der Waals surface area (Å²) < 4.78 is 9.71. The molecule has 0 aromatic carbocycles. The Morgan fingerprint density at radius 3 is 2.83 bits per heavy atom. The Bertz CT molecular complexity index is 1170. The van der Waals surface area contributed by atoms with Gasteiger partial charge in [0.2, 0.25) is 5.96 Å². The van der Waals surface area contributed by atoms with Gasteiger partial charge in [-0.1, -0.05) is 6.58 Å². The minimum absolute atomic E-state index is 0.153. The summed E-state index contributed by atoms with van der Waals surface area (Å²) in [5, 5.41) is 4.27. The summed E-state index contributed by atoms with van der Waals surface area (Å²) in [5.74, 6) is 1.41. The molecule has 0 fully saturated rings. The van der Waals surface area contributed by atoms with Gasteiger partial charge in [-0.2, -0.15) is 5.10 Å². The monoisotopic (exact) mass is 393 g/mol. The van der Waals surface area contributed by atoms with E-state index in [2.05, 4.69) is 26.2 Å². The molecule has 3 aromatic heterocycles. The Labute approximate surface area is 167 Å². The molecule has 3 aromatic rings. The molecule has 29 heavy (non-hydrogen) atoms. The fraction of sp³-hybridized carbons (Fsp3) is 0.368. The van der Waals surface area contributed by atoms with Crippen LogP contribution in [0.2, 0.25) is 0 Å². The van der Waals surface area contributed by atoms with E-state index in [1.165, 1.54) is 6.21 Å². The van der Waals surface area contributed by atoms with Crippen molar-refractivity contribution in [3.63, 3.8) is 0 Å². The number of hydrogen-bond acceptors (Lipinski definition) is 6. The number of allylic oxidation sites excluding steroid dienone is 1. The van der Waals surface area contributed by atoms with Crippen molar-refractivity contribution < 1.29 is 4.74 Å². The molecule has 0 atom stereocenters. The number of nitrogens with two attached hydrogens (primary N) is 1. The maximum Gasteiger partial charge on any atom is 0.214 e. The van der Waals surface area contributed by atoms with E-state index in [-0.39, 0.29) is 5.96 Å². The second-order valence-corrected chi connectivity index (χ2v) is 7.28. The zero-order valence-electron chi connectivity index (χ0n) is 16.9. The quantitative estimate of drug-likeness (QED) is 0.532. The molecule has 1 aliphatic rings. The first-order chi connectivity index (χ1) is 13.8. The number of guanidine groups is 1.